The van der Waals surface area contributed by atoms with Crippen LogP contribution in [-0.4, -0.2) is 33.8 Å². The van der Waals surface area contributed by atoms with Crippen LogP contribution in [0.5, 0.6) is 0 Å². The van der Waals surface area contributed by atoms with Crippen molar-refractivity contribution in [1.29, 1.82) is 0 Å². The summed E-state index contributed by atoms with van der Waals surface area (Å²) in [4.78, 5) is 12.1. The van der Waals surface area contributed by atoms with Gasteiger partial charge in [-0.25, -0.2) is 4.39 Å². The Balaban J connectivity index is 2.23. The Bertz CT molecular complexity index is 718. The minimum absolute atomic E-state index is 0.109. The molecule has 0 radical (unpaired) electrons. The van der Waals surface area contributed by atoms with Crippen LogP contribution < -0.4 is 5.32 Å². The zero-order valence-electron chi connectivity index (χ0n) is 13.9. The van der Waals surface area contributed by atoms with E-state index in [1.165, 1.54) is 6.92 Å². The summed E-state index contributed by atoms with van der Waals surface area (Å²) in [5, 5.41) is 11.6. The van der Waals surface area contributed by atoms with Gasteiger partial charge in [0.25, 0.3) is 0 Å². The molecule has 0 bridgehead atoms. The highest BCUT2D eigenvalue weighted by atomic mass is 32.2. The summed E-state index contributed by atoms with van der Waals surface area (Å²) in [7, 11) is -2.40. The molecule has 140 valence electrons. The summed E-state index contributed by atoms with van der Waals surface area (Å²) in [5.41, 5.74) is -0.652. The van der Waals surface area contributed by atoms with Gasteiger partial charge in [-0.15, -0.1) is 0 Å². The third-order valence-electron chi connectivity index (χ3n) is 4.59. The Kier molecular flexibility index (Phi) is 5.30. The largest absolute Gasteiger partial charge is 0.400 e. The topological polar surface area (TPSA) is 66.4 Å². The van der Waals surface area contributed by atoms with Gasteiger partial charge in [0, 0.05) is 17.4 Å². The molecule has 0 spiro atoms. The van der Waals surface area contributed by atoms with Gasteiger partial charge in [-0.3, -0.25) is 9.00 Å². The molecule has 0 heterocycles. The number of aliphatic hydroxyl groups is 1. The number of anilines is 1. The molecular weight excluding hydrogens is 362 g/mol. The molecule has 1 aliphatic carbocycles. The van der Waals surface area contributed by atoms with Gasteiger partial charge in [0.15, 0.2) is 0 Å². The van der Waals surface area contributed by atoms with Crippen LogP contribution in [0.2, 0.25) is 0 Å². The van der Waals surface area contributed by atoms with Crippen LogP contribution in [0.4, 0.5) is 23.2 Å². The average molecular weight is 381 g/mol. The molecule has 1 aliphatic rings. The maximum Gasteiger partial charge on any atom is 0.400 e. The van der Waals surface area contributed by atoms with E-state index in [1.54, 1.807) is 13.8 Å². The summed E-state index contributed by atoms with van der Waals surface area (Å²) in [5.74, 6) is -3.69. The second-order valence-corrected chi connectivity index (χ2v) is 8.20. The third kappa shape index (κ3) is 4.20. The molecule has 2 rings (SSSR count). The number of benzene rings is 1. The average Bonchev–Trinajstić information content (AvgIpc) is 3.01. The van der Waals surface area contributed by atoms with Gasteiger partial charge in [-0.05, 0) is 36.0 Å². The molecule has 25 heavy (non-hydrogen) atoms. The van der Waals surface area contributed by atoms with Crippen LogP contribution in [0.25, 0.3) is 0 Å². The summed E-state index contributed by atoms with van der Waals surface area (Å²) < 4.78 is 63.3. The van der Waals surface area contributed by atoms with E-state index in [0.29, 0.717) is 0 Å². The van der Waals surface area contributed by atoms with Crippen molar-refractivity contribution in [2.24, 2.45) is 17.3 Å². The van der Waals surface area contributed by atoms with Gasteiger partial charge in [-0.2, -0.15) is 13.2 Å². The Morgan fingerprint density at radius 2 is 1.96 bits per heavy atom. The van der Waals surface area contributed by atoms with E-state index in [4.69, 9.17) is 0 Å². The molecule has 2 N–H and O–H groups in total. The molecular formula is C16H19F4NO3S. The predicted octanol–water partition coefficient (Wildman–Crippen LogP) is 3.01. The quantitative estimate of drug-likeness (QED) is 0.771. The van der Waals surface area contributed by atoms with E-state index >= 15 is 0 Å². The van der Waals surface area contributed by atoms with E-state index < -0.39 is 45.8 Å². The summed E-state index contributed by atoms with van der Waals surface area (Å²) in [6.07, 6.45) is -4.62. The van der Waals surface area contributed by atoms with Gasteiger partial charge in [0.05, 0.1) is 16.5 Å². The number of hydrogen-bond acceptors (Lipinski definition) is 3. The fourth-order valence-electron chi connectivity index (χ4n) is 3.04. The fraction of sp³-hybridized carbons (Fsp3) is 0.562. The van der Waals surface area contributed by atoms with Crippen LogP contribution >= 0.6 is 0 Å². The number of carbonyl (C=O) groups is 1. The van der Waals surface area contributed by atoms with Crippen LogP contribution in [0, 0.1) is 30.0 Å². The molecule has 1 aromatic rings. The van der Waals surface area contributed by atoms with Crippen molar-refractivity contribution in [3.63, 3.8) is 0 Å². The molecule has 1 aromatic carbocycles. The molecule has 0 saturated heterocycles. The van der Waals surface area contributed by atoms with Crippen molar-refractivity contribution < 1.29 is 31.7 Å². The number of amides is 1. The number of hydrogen-bond donors (Lipinski definition) is 2. The lowest BCUT2D eigenvalue weighted by Gasteiger charge is -2.13. The summed E-state index contributed by atoms with van der Waals surface area (Å²) >= 11 is 0. The molecule has 3 unspecified atom stereocenters. The highest BCUT2D eigenvalue weighted by molar-refractivity contribution is 7.85. The van der Waals surface area contributed by atoms with Crippen molar-refractivity contribution >= 4 is 22.4 Å². The number of nitrogens with one attached hydrogen (secondary N) is 1. The minimum atomic E-state index is -4.62. The lowest BCUT2D eigenvalue weighted by molar-refractivity contribution is -0.118. The molecule has 0 aliphatic heterocycles. The molecule has 9 heteroatoms. The monoisotopic (exact) mass is 381 g/mol. The Morgan fingerprint density at radius 1 is 1.36 bits per heavy atom. The first-order valence-electron chi connectivity index (χ1n) is 7.55. The second kappa shape index (κ2) is 6.68. The van der Waals surface area contributed by atoms with Crippen LogP contribution in [0.15, 0.2) is 17.0 Å². The van der Waals surface area contributed by atoms with Crippen molar-refractivity contribution in [2.45, 2.75) is 31.8 Å². The summed E-state index contributed by atoms with van der Waals surface area (Å²) in [6, 6.07) is 1.93. The van der Waals surface area contributed by atoms with Crippen molar-refractivity contribution in [1.82, 2.24) is 0 Å². The summed E-state index contributed by atoms with van der Waals surface area (Å²) in [6.45, 7) is 4.73. The first-order chi connectivity index (χ1) is 11.4. The number of carbonyl (C=O) groups excluding carboxylic acids is 1. The highest BCUT2D eigenvalue weighted by Gasteiger charge is 2.61. The zero-order valence-corrected chi connectivity index (χ0v) is 14.7. The molecule has 1 fully saturated rings. The zero-order chi connectivity index (χ0) is 19.2. The van der Waals surface area contributed by atoms with Gasteiger partial charge in [0.2, 0.25) is 5.91 Å². The molecule has 3 atom stereocenters. The first kappa shape index (κ1) is 19.8. The molecule has 1 amide bonds. The van der Waals surface area contributed by atoms with Gasteiger partial charge < -0.3 is 10.4 Å². The first-order valence-corrected chi connectivity index (χ1v) is 8.87. The SMILES string of the molecule is Cc1cc(F)c(NC(=O)C2C(CO)C2(C)C)cc1S(=O)CC(F)(F)F. The van der Waals surface area contributed by atoms with Crippen LogP contribution in [0.1, 0.15) is 19.4 Å². The highest BCUT2D eigenvalue weighted by Crippen LogP contribution is 2.58. The maximum absolute atomic E-state index is 14.1. The lowest BCUT2D eigenvalue weighted by atomic mass is 10.1. The fourth-order valence-corrected chi connectivity index (χ4v) is 4.16. The van der Waals surface area contributed by atoms with Gasteiger partial charge in [-0.1, -0.05) is 13.8 Å². The van der Waals surface area contributed by atoms with Gasteiger partial charge >= 0.3 is 6.18 Å². The van der Waals surface area contributed by atoms with E-state index in [2.05, 4.69) is 5.32 Å². The molecule has 0 aromatic heterocycles. The Morgan fingerprint density at radius 3 is 2.44 bits per heavy atom. The van der Waals surface area contributed by atoms with Gasteiger partial charge in [0.1, 0.15) is 11.6 Å². The number of rotatable bonds is 5. The maximum atomic E-state index is 14.1. The van der Waals surface area contributed by atoms with Crippen molar-refractivity contribution in [2.75, 3.05) is 17.7 Å². The predicted molar refractivity (Wildman–Crippen MR) is 84.9 cm³/mol. The number of aliphatic hydroxyl groups excluding tert-OH is 1. The van der Waals surface area contributed by atoms with E-state index in [-0.39, 0.29) is 28.7 Å². The smallest absolute Gasteiger partial charge is 0.396 e. The van der Waals surface area contributed by atoms with E-state index in [0.717, 1.165) is 12.1 Å². The van der Waals surface area contributed by atoms with Crippen LogP contribution in [0.3, 0.4) is 0 Å². The van der Waals surface area contributed by atoms with E-state index in [1.807, 2.05) is 0 Å². The lowest BCUT2D eigenvalue weighted by Crippen LogP contribution is -2.20. The minimum Gasteiger partial charge on any atom is -0.396 e. The Labute approximate surface area is 145 Å². The third-order valence-corrected chi connectivity index (χ3v) is 6.11. The Hall–Kier alpha value is -1.48. The number of alkyl halides is 3. The second-order valence-electron chi connectivity index (χ2n) is 6.78. The van der Waals surface area contributed by atoms with Crippen molar-refractivity contribution in [3.05, 3.63) is 23.5 Å². The normalized spacial score (nSPS) is 23.2. The number of halogens is 4. The number of aryl methyl sites for hydroxylation is 1. The van der Waals surface area contributed by atoms with E-state index in [9.17, 15) is 31.7 Å². The van der Waals surface area contributed by atoms with Crippen LogP contribution in [-0.2, 0) is 15.6 Å². The standard InChI is InChI=1S/C16H19F4NO3S/c1-8-4-10(17)11(5-12(8)25(24)7-16(18,19)20)21-14(23)13-9(6-22)15(13,2)3/h4-5,9,13,22H,6-7H2,1-3H3,(H,21,23). The molecule has 1 saturated carbocycles. The molecule has 4 nitrogen and oxygen atoms in total. The van der Waals surface area contributed by atoms with Crippen molar-refractivity contribution in [3.8, 4) is 0 Å².